The first-order chi connectivity index (χ1) is 6.36. The maximum atomic E-state index is 4.24. The summed E-state index contributed by atoms with van der Waals surface area (Å²) in [6.45, 7) is 3.10. The fourth-order valence-electron chi connectivity index (χ4n) is 1.86. The number of thiazole rings is 1. The van der Waals surface area contributed by atoms with Crippen LogP contribution in [0.5, 0.6) is 0 Å². The third-order valence-electron chi connectivity index (χ3n) is 2.75. The Balaban J connectivity index is 0.000000980. The van der Waals surface area contributed by atoms with E-state index in [4.69, 9.17) is 0 Å². The molecule has 1 aromatic heterocycles. The molecule has 0 atom stereocenters. The van der Waals surface area contributed by atoms with Crippen molar-refractivity contribution in [2.75, 3.05) is 0 Å². The first-order valence-corrected chi connectivity index (χ1v) is 5.86. The Bertz CT molecular complexity index is 272. The summed E-state index contributed by atoms with van der Waals surface area (Å²) in [4.78, 5) is 5.64. The number of nitrogens with one attached hydrogen (secondary N) is 1. The van der Waals surface area contributed by atoms with Crippen LogP contribution in [0.3, 0.4) is 0 Å². The van der Waals surface area contributed by atoms with Gasteiger partial charge in [0.15, 0.2) is 0 Å². The molecule has 0 radical (unpaired) electrons. The van der Waals surface area contributed by atoms with Gasteiger partial charge in [-0.05, 0) is 19.8 Å². The molecule has 0 spiro atoms. The molecule has 0 aromatic carbocycles. The largest absolute Gasteiger partial charge is 0.309 e. The number of hydrogen-bond donors (Lipinski definition) is 1. The van der Waals surface area contributed by atoms with Gasteiger partial charge < -0.3 is 5.32 Å². The average Bonchev–Trinajstić information content (AvgIpc) is 2.72. The van der Waals surface area contributed by atoms with Crippen LogP contribution in [-0.4, -0.2) is 11.0 Å². The van der Waals surface area contributed by atoms with Crippen LogP contribution in [0.15, 0.2) is 5.51 Å². The fraction of sp³-hybridized carbons (Fsp3) is 0.700. The van der Waals surface area contributed by atoms with Crippen LogP contribution in [0.1, 0.15) is 36.3 Å². The zero-order valence-corrected chi connectivity index (χ0v) is 11.3. The number of halogens is 2. The summed E-state index contributed by atoms with van der Waals surface area (Å²) in [7, 11) is 0. The minimum Gasteiger partial charge on any atom is -0.309 e. The van der Waals surface area contributed by atoms with E-state index in [1.807, 2.05) is 5.51 Å². The molecule has 0 aliphatic heterocycles. The molecular weight excluding hydrogens is 251 g/mol. The van der Waals surface area contributed by atoms with Gasteiger partial charge in [0.05, 0.1) is 11.2 Å². The van der Waals surface area contributed by atoms with Crippen LogP contribution >= 0.6 is 36.2 Å². The van der Waals surface area contributed by atoms with Crippen LogP contribution in [0.25, 0.3) is 0 Å². The molecule has 0 unspecified atom stereocenters. The molecule has 1 aliphatic carbocycles. The van der Waals surface area contributed by atoms with Gasteiger partial charge in [-0.2, -0.15) is 0 Å². The highest BCUT2D eigenvalue weighted by Gasteiger charge is 2.14. The van der Waals surface area contributed by atoms with Gasteiger partial charge in [-0.25, -0.2) is 4.98 Å². The molecule has 2 rings (SSSR count). The Kier molecular flexibility index (Phi) is 7.53. The second-order valence-electron chi connectivity index (χ2n) is 3.72. The van der Waals surface area contributed by atoms with E-state index in [9.17, 15) is 0 Å². The summed E-state index contributed by atoms with van der Waals surface area (Å²) in [5.74, 6) is 0. The molecule has 15 heavy (non-hydrogen) atoms. The van der Waals surface area contributed by atoms with Crippen molar-refractivity contribution < 1.29 is 0 Å². The lowest BCUT2D eigenvalue weighted by molar-refractivity contribution is 0.526. The van der Waals surface area contributed by atoms with E-state index in [0.717, 1.165) is 12.6 Å². The number of nitrogens with zero attached hydrogens (tertiary/aromatic N) is 1. The van der Waals surface area contributed by atoms with Crippen molar-refractivity contribution in [3.8, 4) is 0 Å². The Morgan fingerprint density at radius 2 is 2.07 bits per heavy atom. The van der Waals surface area contributed by atoms with Crippen molar-refractivity contribution in [3.63, 3.8) is 0 Å². The van der Waals surface area contributed by atoms with Crippen LogP contribution in [-0.2, 0) is 6.54 Å². The standard InChI is InChI=1S/C10H16N2S.2ClH/c1-8-10(13-7-12-8)6-11-9-4-2-3-5-9;;/h7,9,11H,2-6H2,1H3;2*1H. The Labute approximate surface area is 108 Å². The number of hydrogen-bond acceptors (Lipinski definition) is 3. The minimum absolute atomic E-state index is 0. The van der Waals surface area contributed by atoms with Gasteiger partial charge in [0.25, 0.3) is 0 Å². The lowest BCUT2D eigenvalue weighted by Gasteiger charge is -2.10. The summed E-state index contributed by atoms with van der Waals surface area (Å²) in [6.07, 6.45) is 5.52. The highest BCUT2D eigenvalue weighted by atomic mass is 35.5. The predicted octanol–water partition coefficient (Wildman–Crippen LogP) is 3.33. The van der Waals surface area contributed by atoms with Crippen molar-refractivity contribution in [3.05, 3.63) is 16.1 Å². The van der Waals surface area contributed by atoms with Gasteiger partial charge in [0.1, 0.15) is 0 Å². The molecule has 0 saturated heterocycles. The highest BCUT2D eigenvalue weighted by Crippen LogP contribution is 2.19. The zero-order valence-electron chi connectivity index (χ0n) is 8.86. The molecule has 1 saturated carbocycles. The summed E-state index contributed by atoms with van der Waals surface area (Å²) in [5.41, 5.74) is 3.12. The second-order valence-corrected chi connectivity index (χ2v) is 4.66. The third kappa shape index (κ3) is 4.27. The lowest BCUT2D eigenvalue weighted by Crippen LogP contribution is -2.25. The van der Waals surface area contributed by atoms with E-state index in [2.05, 4.69) is 17.2 Å². The molecule has 0 amide bonds. The third-order valence-corrected chi connectivity index (χ3v) is 3.69. The summed E-state index contributed by atoms with van der Waals surface area (Å²) >= 11 is 1.76. The van der Waals surface area contributed by atoms with Gasteiger partial charge >= 0.3 is 0 Å². The zero-order chi connectivity index (χ0) is 9.10. The fourth-order valence-corrected chi connectivity index (χ4v) is 2.59. The summed E-state index contributed by atoms with van der Waals surface area (Å²) in [6, 6.07) is 0.765. The molecule has 2 nitrogen and oxygen atoms in total. The van der Waals surface area contributed by atoms with Gasteiger partial charge in [-0.3, -0.25) is 0 Å². The van der Waals surface area contributed by atoms with E-state index in [1.54, 1.807) is 11.3 Å². The topological polar surface area (TPSA) is 24.9 Å². The van der Waals surface area contributed by atoms with Gasteiger partial charge in [0.2, 0.25) is 0 Å². The van der Waals surface area contributed by atoms with Crippen molar-refractivity contribution in [1.29, 1.82) is 0 Å². The van der Waals surface area contributed by atoms with Crippen molar-refractivity contribution in [2.24, 2.45) is 0 Å². The van der Waals surface area contributed by atoms with Crippen molar-refractivity contribution >= 4 is 36.2 Å². The maximum Gasteiger partial charge on any atom is 0.0798 e. The van der Waals surface area contributed by atoms with Crippen molar-refractivity contribution in [1.82, 2.24) is 10.3 Å². The van der Waals surface area contributed by atoms with Gasteiger partial charge in [-0.1, -0.05) is 12.8 Å². The predicted molar refractivity (Wildman–Crippen MR) is 70.4 cm³/mol. The van der Waals surface area contributed by atoms with Crippen LogP contribution in [0.2, 0.25) is 0 Å². The number of aryl methyl sites for hydroxylation is 1. The van der Waals surface area contributed by atoms with E-state index >= 15 is 0 Å². The monoisotopic (exact) mass is 268 g/mol. The molecule has 1 N–H and O–H groups in total. The SMILES string of the molecule is Cc1ncsc1CNC1CCCC1.Cl.Cl. The molecule has 88 valence electrons. The van der Waals surface area contributed by atoms with Crippen LogP contribution in [0.4, 0.5) is 0 Å². The van der Waals surface area contributed by atoms with Gasteiger partial charge in [0, 0.05) is 17.5 Å². The first kappa shape index (κ1) is 15.2. The Hall–Kier alpha value is 0.170. The van der Waals surface area contributed by atoms with E-state index in [0.29, 0.717) is 0 Å². The Morgan fingerprint density at radius 3 is 2.60 bits per heavy atom. The number of rotatable bonds is 3. The van der Waals surface area contributed by atoms with Crippen LogP contribution in [0, 0.1) is 6.92 Å². The minimum atomic E-state index is 0. The van der Waals surface area contributed by atoms with E-state index in [-0.39, 0.29) is 24.8 Å². The summed E-state index contributed by atoms with van der Waals surface area (Å²) in [5, 5.41) is 3.60. The molecule has 5 heteroatoms. The van der Waals surface area contributed by atoms with Crippen LogP contribution < -0.4 is 5.32 Å². The van der Waals surface area contributed by atoms with E-state index in [1.165, 1.54) is 36.3 Å². The number of aromatic nitrogens is 1. The van der Waals surface area contributed by atoms with Gasteiger partial charge in [-0.15, -0.1) is 36.2 Å². The molecule has 1 heterocycles. The van der Waals surface area contributed by atoms with E-state index < -0.39 is 0 Å². The molecular formula is C10H18Cl2N2S. The molecule has 1 aromatic rings. The molecule has 1 aliphatic rings. The Morgan fingerprint density at radius 1 is 1.40 bits per heavy atom. The highest BCUT2D eigenvalue weighted by molar-refractivity contribution is 7.09. The second kappa shape index (κ2) is 7.44. The van der Waals surface area contributed by atoms with Crippen molar-refractivity contribution in [2.45, 2.75) is 45.2 Å². The molecule has 1 fully saturated rings. The first-order valence-electron chi connectivity index (χ1n) is 4.98. The quantitative estimate of drug-likeness (QED) is 0.910. The molecule has 0 bridgehead atoms. The summed E-state index contributed by atoms with van der Waals surface area (Å²) < 4.78 is 0. The smallest absolute Gasteiger partial charge is 0.0798 e. The maximum absolute atomic E-state index is 4.24. The lowest BCUT2D eigenvalue weighted by atomic mass is 10.2. The average molecular weight is 269 g/mol. The normalized spacial score (nSPS) is 15.8.